The van der Waals surface area contributed by atoms with Crippen molar-refractivity contribution in [3.8, 4) is 0 Å². The first kappa shape index (κ1) is 46.5. The molecule has 0 rings (SSSR count). The monoisotopic (exact) mass is 729 g/mol. The minimum absolute atomic E-state index is 0. The molecule has 0 spiro atoms. The fourth-order valence-corrected chi connectivity index (χ4v) is 0. The van der Waals surface area contributed by atoms with E-state index >= 15 is 0 Å². The third-order valence-corrected chi connectivity index (χ3v) is 0. The summed E-state index contributed by atoms with van der Waals surface area (Å²) in [6, 6.07) is 0. The van der Waals surface area contributed by atoms with Crippen molar-refractivity contribution >= 4 is 172 Å². The van der Waals surface area contributed by atoms with Gasteiger partial charge in [0.2, 0.25) is 0 Å². The Kier molecular flexibility index (Phi) is 44.5. The van der Waals surface area contributed by atoms with Gasteiger partial charge in [0, 0.05) is 0 Å². The molecule has 0 aromatic carbocycles. The molecule has 0 saturated heterocycles. The molecule has 23 heavy (non-hydrogen) atoms. The van der Waals surface area contributed by atoms with Gasteiger partial charge in [-0.3, -0.25) is 0 Å². The summed E-state index contributed by atoms with van der Waals surface area (Å²) in [4.78, 5) is 74.3. The van der Waals surface area contributed by atoms with Gasteiger partial charge in [-0.15, -0.1) is 0 Å². The van der Waals surface area contributed by atoms with Crippen LogP contribution in [-0.4, -0.2) is 52.8 Å². The van der Waals surface area contributed by atoms with Crippen molar-refractivity contribution in [1.29, 1.82) is 0 Å². The first-order chi connectivity index (χ1) is 8.00. The van der Waals surface area contributed by atoms with E-state index in [4.69, 9.17) is 0 Å². The molecule has 0 aliphatic rings. The van der Waals surface area contributed by atoms with E-state index in [9.17, 15) is 39.1 Å². The molecule has 0 aromatic heterocycles. The molecule has 0 fully saturated rings. The SMILES string of the molecule is [Ge+4].[Ge+4].[Ge+4].[O-]P([O-])(=S)[S-].[O-]P([O-])(=S)[S-].[O-]P([O-])(=S)[S-].[O-]P([O-])(=S)[S-]. The van der Waals surface area contributed by atoms with E-state index < -0.39 is 22.8 Å². The van der Waals surface area contributed by atoms with Crippen LogP contribution in [-0.2, 0) is 96.2 Å². The number of hydrogen-bond donors (Lipinski definition) is 0. The second kappa shape index (κ2) is 22.0. The average Bonchev–Trinajstić information content (AvgIpc) is 1.62. The Morgan fingerprint density at radius 1 is 0.391 bits per heavy atom. The minimum atomic E-state index is -3.72. The van der Waals surface area contributed by atoms with Gasteiger partial charge in [0.05, 0.1) is 0 Å². The van der Waals surface area contributed by atoms with Crippen molar-refractivity contribution in [3.05, 3.63) is 0 Å². The van der Waals surface area contributed by atoms with Gasteiger partial charge in [-0.05, 0) is 0 Å². The van der Waals surface area contributed by atoms with Gasteiger partial charge in [0.15, 0.2) is 0 Å². The summed E-state index contributed by atoms with van der Waals surface area (Å²) in [5.41, 5.74) is -14.9. The van der Waals surface area contributed by atoms with Crippen molar-refractivity contribution in [2.24, 2.45) is 0 Å². The predicted octanol–water partition coefficient (Wildman–Crippen LogP) is -7.23. The largest absolute Gasteiger partial charge is 4.00 e. The first-order valence-corrected chi connectivity index (χ1v) is 17.5. The average molecular weight is 726 g/mol. The van der Waals surface area contributed by atoms with E-state index in [0.717, 1.165) is 0 Å². The van der Waals surface area contributed by atoms with Gasteiger partial charge in [0.1, 0.15) is 0 Å². The Bertz CT molecular complexity index is 308. The molecule has 0 unspecified atom stereocenters. The summed E-state index contributed by atoms with van der Waals surface area (Å²) in [5, 5.41) is 0. The Labute approximate surface area is 208 Å². The Hall–Kier alpha value is 5.31. The zero-order valence-corrected chi connectivity index (χ0v) is 26.2. The molecule has 0 saturated carbocycles. The quantitative estimate of drug-likeness (QED) is 0.130. The molecule has 0 aliphatic heterocycles. The second-order valence-electron chi connectivity index (χ2n) is 1.79. The predicted molar refractivity (Wildman–Crippen MR) is 104 cm³/mol. The van der Waals surface area contributed by atoms with Crippen LogP contribution in [0.15, 0.2) is 0 Å². The standard InChI is InChI=1S/3Ge.4H3O2PS2/c;;;4*1-3(2,4)5/h;;;4*(H3,1,2,4,5)/q3*+4;;;;/p-12. The zero-order chi connectivity index (χ0) is 18.0. The molecule has 0 atom stereocenters. The molecule has 0 aromatic rings. The van der Waals surface area contributed by atoms with Crippen LogP contribution in [0.25, 0.3) is 0 Å². The van der Waals surface area contributed by atoms with Crippen LogP contribution in [0.3, 0.4) is 0 Å². The van der Waals surface area contributed by atoms with Crippen LogP contribution in [0.2, 0.25) is 0 Å². The van der Waals surface area contributed by atoms with Crippen molar-refractivity contribution in [2.45, 2.75) is 0 Å². The molecule has 0 aliphatic carbocycles. The van der Waals surface area contributed by atoms with E-state index in [1.165, 1.54) is 0 Å². The number of rotatable bonds is 0. The topological polar surface area (TPSA) is 184 Å². The molecular formula is Ge3O8P4S8. The molecular weight excluding hydrogens is 726 g/mol. The molecule has 0 radical (unpaired) electrons. The summed E-state index contributed by atoms with van der Waals surface area (Å²) in [6.45, 7) is 0. The van der Waals surface area contributed by atoms with E-state index in [1.54, 1.807) is 0 Å². The third-order valence-electron chi connectivity index (χ3n) is 0. The van der Waals surface area contributed by atoms with Crippen LogP contribution in [0.5, 0.6) is 0 Å². The molecule has 23 heteroatoms. The van der Waals surface area contributed by atoms with Crippen LogP contribution < -0.4 is 39.1 Å². The first-order valence-electron chi connectivity index (χ1n) is 2.92. The zero-order valence-electron chi connectivity index (χ0n) is 9.82. The fourth-order valence-electron chi connectivity index (χ4n) is 0. The van der Waals surface area contributed by atoms with Crippen molar-refractivity contribution < 1.29 is 39.1 Å². The maximum Gasteiger partial charge on any atom is 4.00 e. The van der Waals surface area contributed by atoms with Crippen LogP contribution in [0.4, 0.5) is 0 Å². The molecule has 8 nitrogen and oxygen atoms in total. The fraction of sp³-hybridized carbons (Fsp3) is 0. The normalized spacial score (nSPS) is 10.3. The van der Waals surface area contributed by atoms with Gasteiger partial charge < -0.3 is 111 Å². The van der Waals surface area contributed by atoms with Crippen LogP contribution in [0, 0.1) is 0 Å². The Morgan fingerprint density at radius 3 is 0.391 bits per heavy atom. The summed E-state index contributed by atoms with van der Waals surface area (Å²) < 4.78 is 0. The van der Waals surface area contributed by atoms with Crippen LogP contribution in [0.1, 0.15) is 0 Å². The maximum absolute atomic E-state index is 9.29. The van der Waals surface area contributed by atoms with Crippen molar-refractivity contribution in [1.82, 2.24) is 0 Å². The molecule has 0 N–H and O–H groups in total. The Morgan fingerprint density at radius 2 is 0.391 bits per heavy atom. The van der Waals surface area contributed by atoms with Crippen molar-refractivity contribution in [3.63, 3.8) is 0 Å². The Balaban J connectivity index is -0.0000000284. The van der Waals surface area contributed by atoms with Gasteiger partial charge >= 0.3 is 52.8 Å². The van der Waals surface area contributed by atoms with Gasteiger partial charge in [-0.1, -0.05) is 0 Å². The van der Waals surface area contributed by atoms with E-state index in [-0.39, 0.29) is 52.8 Å². The van der Waals surface area contributed by atoms with Crippen molar-refractivity contribution in [2.75, 3.05) is 0 Å². The smallest absolute Gasteiger partial charge is 0.850 e. The van der Waals surface area contributed by atoms with Gasteiger partial charge in [-0.25, -0.2) is 0 Å². The third kappa shape index (κ3) is 621. The van der Waals surface area contributed by atoms with Gasteiger partial charge in [-0.2, -0.15) is 47.2 Å². The maximum atomic E-state index is 9.29. The van der Waals surface area contributed by atoms with E-state index in [1.807, 2.05) is 0 Å². The molecule has 0 amide bonds. The minimum Gasteiger partial charge on any atom is -0.850 e. The van der Waals surface area contributed by atoms with E-state index in [2.05, 4.69) is 96.2 Å². The second-order valence-corrected chi connectivity index (χ2v) is 19.7. The molecule has 128 valence electrons. The molecule has 0 heterocycles. The summed E-state index contributed by atoms with van der Waals surface area (Å²) in [6.07, 6.45) is 0. The summed E-state index contributed by atoms with van der Waals surface area (Å²) in [5.74, 6) is 0. The summed E-state index contributed by atoms with van der Waals surface area (Å²) >= 11 is 29.1. The number of hydrogen-bond acceptors (Lipinski definition) is 16. The molecule has 0 bridgehead atoms. The van der Waals surface area contributed by atoms with Crippen LogP contribution >= 0.6 is 22.8 Å². The van der Waals surface area contributed by atoms with Gasteiger partial charge in [0.25, 0.3) is 0 Å². The summed E-state index contributed by atoms with van der Waals surface area (Å²) in [7, 11) is 0. The van der Waals surface area contributed by atoms with E-state index in [0.29, 0.717) is 0 Å².